The number of hydrogen-bond acceptors (Lipinski definition) is 4. The third-order valence-corrected chi connectivity index (χ3v) is 4.73. The number of halogens is 1. The van der Waals surface area contributed by atoms with E-state index in [1.165, 1.54) is 18.9 Å². The van der Waals surface area contributed by atoms with Crippen molar-refractivity contribution in [2.24, 2.45) is 5.92 Å². The van der Waals surface area contributed by atoms with Crippen molar-refractivity contribution < 1.29 is 9.72 Å². The van der Waals surface area contributed by atoms with Gasteiger partial charge in [-0.25, -0.2) is 0 Å². The second kappa shape index (κ2) is 7.27. The molecule has 6 nitrogen and oxygen atoms in total. The molecule has 7 heteroatoms. The van der Waals surface area contributed by atoms with Crippen molar-refractivity contribution in [1.29, 1.82) is 0 Å². The number of amides is 1. The molecular formula is C16H22ClN3O3. The fraction of sp³-hybridized carbons (Fsp3) is 0.562. The average molecular weight is 340 g/mol. The number of piperidine rings is 1. The monoisotopic (exact) mass is 339 g/mol. The van der Waals surface area contributed by atoms with Crippen LogP contribution in [0.5, 0.6) is 0 Å². The van der Waals surface area contributed by atoms with Crippen molar-refractivity contribution in [2.75, 3.05) is 5.32 Å². The summed E-state index contributed by atoms with van der Waals surface area (Å²) in [5.41, 5.74) is 1.13. The lowest BCUT2D eigenvalue weighted by atomic mass is 9.89. The summed E-state index contributed by atoms with van der Waals surface area (Å²) in [4.78, 5) is 22.7. The highest BCUT2D eigenvalue weighted by molar-refractivity contribution is 5.91. The van der Waals surface area contributed by atoms with Gasteiger partial charge in [-0.15, -0.1) is 12.4 Å². The minimum atomic E-state index is -0.421. The standard InChI is InChI=1S/C16H21N3O3.ClH/c1-10-2-3-14(9-15(10)19(21)22)18-16(20)8-11-6-12-4-5-13(7-11)17-12;/h2-3,9,11-13,17H,4-8H2,1H3,(H,18,20);1H. The van der Waals surface area contributed by atoms with Gasteiger partial charge in [0.05, 0.1) is 4.92 Å². The smallest absolute Gasteiger partial charge is 0.274 e. The topological polar surface area (TPSA) is 84.3 Å². The van der Waals surface area contributed by atoms with E-state index in [0.717, 1.165) is 12.8 Å². The number of anilines is 1. The van der Waals surface area contributed by atoms with Gasteiger partial charge < -0.3 is 10.6 Å². The van der Waals surface area contributed by atoms with Crippen LogP contribution in [0.1, 0.15) is 37.7 Å². The van der Waals surface area contributed by atoms with Crippen LogP contribution in [0.2, 0.25) is 0 Å². The molecule has 2 aliphatic rings. The lowest BCUT2D eigenvalue weighted by Gasteiger charge is -2.28. The molecule has 0 aliphatic carbocycles. The van der Waals surface area contributed by atoms with Crippen LogP contribution in [0, 0.1) is 23.0 Å². The SMILES string of the molecule is Cc1ccc(NC(=O)CC2CC3CCC(C2)N3)cc1[N+](=O)[O-].Cl. The van der Waals surface area contributed by atoms with Crippen LogP contribution in [0.4, 0.5) is 11.4 Å². The Morgan fingerprint density at radius 3 is 2.61 bits per heavy atom. The van der Waals surface area contributed by atoms with Gasteiger partial charge in [-0.2, -0.15) is 0 Å². The van der Waals surface area contributed by atoms with Gasteiger partial charge in [0.25, 0.3) is 5.69 Å². The summed E-state index contributed by atoms with van der Waals surface area (Å²) in [7, 11) is 0. The summed E-state index contributed by atoms with van der Waals surface area (Å²) in [6.45, 7) is 1.69. The molecule has 2 saturated heterocycles. The van der Waals surface area contributed by atoms with Gasteiger partial charge in [0.1, 0.15) is 0 Å². The molecule has 0 spiro atoms. The van der Waals surface area contributed by atoms with Gasteiger partial charge in [-0.3, -0.25) is 14.9 Å². The Hall–Kier alpha value is -1.66. The molecule has 2 N–H and O–H groups in total. The van der Waals surface area contributed by atoms with Crippen LogP contribution < -0.4 is 10.6 Å². The van der Waals surface area contributed by atoms with E-state index in [9.17, 15) is 14.9 Å². The van der Waals surface area contributed by atoms with Crippen LogP contribution in [0.15, 0.2) is 18.2 Å². The zero-order chi connectivity index (χ0) is 15.7. The number of fused-ring (bicyclic) bond motifs is 2. The number of nitrogens with zero attached hydrogens (tertiary/aromatic N) is 1. The zero-order valence-electron chi connectivity index (χ0n) is 13.1. The van der Waals surface area contributed by atoms with Crippen molar-refractivity contribution in [2.45, 2.75) is 51.1 Å². The normalized spacial score (nSPS) is 25.5. The first kappa shape index (κ1) is 17.7. The third kappa shape index (κ3) is 4.20. The van der Waals surface area contributed by atoms with Crippen molar-refractivity contribution in [1.82, 2.24) is 5.32 Å². The summed E-state index contributed by atoms with van der Waals surface area (Å²) >= 11 is 0. The summed E-state index contributed by atoms with van der Waals surface area (Å²) in [5, 5.41) is 17.3. The Balaban J connectivity index is 0.00000192. The summed E-state index contributed by atoms with van der Waals surface area (Å²) in [5.74, 6) is 0.364. The van der Waals surface area contributed by atoms with Gasteiger partial charge in [0, 0.05) is 35.8 Å². The Morgan fingerprint density at radius 2 is 2.00 bits per heavy atom. The van der Waals surface area contributed by atoms with E-state index in [-0.39, 0.29) is 24.0 Å². The minimum absolute atomic E-state index is 0. The molecule has 1 amide bonds. The van der Waals surface area contributed by atoms with Crippen molar-refractivity contribution >= 4 is 29.7 Å². The number of hydrogen-bond donors (Lipinski definition) is 2. The van der Waals surface area contributed by atoms with Gasteiger partial charge in [-0.05, 0) is 44.6 Å². The number of carbonyl (C=O) groups is 1. The molecule has 1 aromatic carbocycles. The van der Waals surface area contributed by atoms with E-state index in [1.54, 1.807) is 19.1 Å². The number of nitro benzene ring substituents is 1. The Morgan fingerprint density at radius 1 is 1.35 bits per heavy atom. The van der Waals surface area contributed by atoms with E-state index in [1.807, 2.05) is 0 Å². The average Bonchev–Trinajstić information content (AvgIpc) is 2.79. The van der Waals surface area contributed by atoms with E-state index >= 15 is 0 Å². The van der Waals surface area contributed by atoms with Crippen molar-refractivity contribution in [3.8, 4) is 0 Å². The third-order valence-electron chi connectivity index (χ3n) is 4.73. The molecule has 2 heterocycles. The zero-order valence-corrected chi connectivity index (χ0v) is 13.9. The first-order chi connectivity index (χ1) is 10.5. The van der Waals surface area contributed by atoms with Gasteiger partial charge >= 0.3 is 0 Å². The second-order valence-corrected chi connectivity index (χ2v) is 6.49. The minimum Gasteiger partial charge on any atom is -0.326 e. The molecule has 2 aliphatic heterocycles. The van der Waals surface area contributed by atoms with E-state index in [2.05, 4.69) is 10.6 Å². The molecule has 0 aromatic heterocycles. The number of carbonyl (C=O) groups excluding carboxylic acids is 1. The van der Waals surface area contributed by atoms with Crippen LogP contribution in [0.3, 0.4) is 0 Å². The van der Waals surface area contributed by atoms with E-state index < -0.39 is 4.92 Å². The molecular weight excluding hydrogens is 318 g/mol. The first-order valence-corrected chi connectivity index (χ1v) is 7.82. The molecule has 23 heavy (non-hydrogen) atoms. The highest BCUT2D eigenvalue weighted by atomic mass is 35.5. The predicted octanol–water partition coefficient (Wildman–Crippen LogP) is 3.18. The molecule has 2 fully saturated rings. The number of rotatable bonds is 4. The van der Waals surface area contributed by atoms with Crippen LogP contribution >= 0.6 is 12.4 Å². The molecule has 3 rings (SSSR count). The quantitative estimate of drug-likeness (QED) is 0.651. The number of benzene rings is 1. The van der Waals surface area contributed by atoms with Gasteiger partial charge in [-0.1, -0.05) is 6.07 Å². The van der Waals surface area contributed by atoms with Crippen molar-refractivity contribution in [3.63, 3.8) is 0 Å². The van der Waals surface area contributed by atoms with Gasteiger partial charge in [0.15, 0.2) is 0 Å². The first-order valence-electron chi connectivity index (χ1n) is 7.82. The maximum atomic E-state index is 12.2. The maximum absolute atomic E-state index is 12.2. The molecule has 0 saturated carbocycles. The second-order valence-electron chi connectivity index (χ2n) is 6.49. The fourth-order valence-electron chi connectivity index (χ4n) is 3.70. The Kier molecular flexibility index (Phi) is 5.59. The molecule has 1 aromatic rings. The lowest BCUT2D eigenvalue weighted by molar-refractivity contribution is -0.385. The number of nitrogens with one attached hydrogen (secondary N) is 2. The molecule has 2 bridgehead atoms. The maximum Gasteiger partial charge on any atom is 0.274 e. The Labute approximate surface area is 141 Å². The summed E-state index contributed by atoms with van der Waals surface area (Å²) in [6, 6.07) is 5.94. The highest BCUT2D eigenvalue weighted by Gasteiger charge is 2.34. The lowest BCUT2D eigenvalue weighted by Crippen LogP contribution is -2.39. The van der Waals surface area contributed by atoms with Crippen LogP contribution in [-0.4, -0.2) is 22.9 Å². The molecule has 2 atom stereocenters. The van der Waals surface area contributed by atoms with Crippen LogP contribution in [-0.2, 0) is 4.79 Å². The van der Waals surface area contributed by atoms with Crippen molar-refractivity contribution in [3.05, 3.63) is 33.9 Å². The molecule has 126 valence electrons. The predicted molar refractivity (Wildman–Crippen MR) is 91.0 cm³/mol. The summed E-state index contributed by atoms with van der Waals surface area (Å²) in [6.07, 6.45) is 5.03. The van der Waals surface area contributed by atoms with Crippen LogP contribution in [0.25, 0.3) is 0 Å². The van der Waals surface area contributed by atoms with E-state index in [4.69, 9.17) is 0 Å². The molecule has 0 radical (unpaired) electrons. The molecule has 2 unspecified atom stereocenters. The number of nitro groups is 1. The fourth-order valence-corrected chi connectivity index (χ4v) is 3.70. The van der Waals surface area contributed by atoms with Gasteiger partial charge in [0.2, 0.25) is 5.91 Å². The summed E-state index contributed by atoms with van der Waals surface area (Å²) < 4.78 is 0. The Bertz CT molecular complexity index is 596. The number of aryl methyl sites for hydroxylation is 1. The largest absolute Gasteiger partial charge is 0.326 e. The van der Waals surface area contributed by atoms with E-state index in [0.29, 0.717) is 35.7 Å². The highest BCUT2D eigenvalue weighted by Crippen LogP contribution is 2.33.